The van der Waals surface area contributed by atoms with Crippen LogP contribution in [0.5, 0.6) is 0 Å². The Bertz CT molecular complexity index is 867. The average molecular weight is 348 g/mol. The van der Waals surface area contributed by atoms with Crippen LogP contribution in [-0.4, -0.2) is 24.4 Å². The second kappa shape index (κ2) is 6.23. The molecule has 1 aliphatic heterocycles. The van der Waals surface area contributed by atoms with Crippen molar-refractivity contribution >= 4 is 23.2 Å². The first-order valence-corrected chi connectivity index (χ1v) is 7.69. The first-order chi connectivity index (χ1) is 11.8. The van der Waals surface area contributed by atoms with E-state index < -0.39 is 28.9 Å². The average Bonchev–Trinajstić information content (AvgIpc) is 2.58. The zero-order valence-electron chi connectivity index (χ0n) is 13.6. The van der Waals surface area contributed by atoms with Gasteiger partial charge in [-0.1, -0.05) is 12.1 Å². The largest absolute Gasteiger partial charge is 0.306 e. The van der Waals surface area contributed by atoms with Gasteiger partial charge in [-0.05, 0) is 38.1 Å². The summed E-state index contributed by atoms with van der Waals surface area (Å²) in [5.41, 5.74) is 0.287. The predicted molar refractivity (Wildman–Crippen MR) is 87.1 cm³/mol. The molecule has 0 aromatic heterocycles. The van der Waals surface area contributed by atoms with Gasteiger partial charge in [-0.3, -0.25) is 14.5 Å². The van der Waals surface area contributed by atoms with E-state index in [0.29, 0.717) is 17.4 Å². The minimum Gasteiger partial charge on any atom is -0.306 e. The van der Waals surface area contributed by atoms with Gasteiger partial charge in [0.25, 0.3) is 5.91 Å². The number of anilines is 2. The summed E-state index contributed by atoms with van der Waals surface area (Å²) in [5, 5.41) is 0. The Kier molecular flexibility index (Phi) is 4.24. The Morgan fingerprint density at radius 3 is 2.28 bits per heavy atom. The monoisotopic (exact) mass is 348 g/mol. The van der Waals surface area contributed by atoms with Crippen LogP contribution in [0.25, 0.3) is 0 Å². The molecule has 2 aromatic carbocycles. The summed E-state index contributed by atoms with van der Waals surface area (Å²) in [6, 6.07) is 8.11. The van der Waals surface area contributed by atoms with E-state index in [1.807, 2.05) is 13.8 Å². The van der Waals surface area contributed by atoms with Crippen molar-refractivity contribution in [2.24, 2.45) is 0 Å². The normalized spacial score (nSPS) is 14.1. The fourth-order valence-corrected chi connectivity index (χ4v) is 2.91. The lowest BCUT2D eigenvalue weighted by molar-refractivity contribution is -0.117. The van der Waals surface area contributed by atoms with E-state index in [1.165, 1.54) is 0 Å². The minimum absolute atomic E-state index is 0.133. The molecule has 3 rings (SSSR count). The molecule has 7 heteroatoms. The molecule has 0 saturated heterocycles. The van der Waals surface area contributed by atoms with E-state index in [2.05, 4.69) is 0 Å². The van der Waals surface area contributed by atoms with E-state index in [4.69, 9.17) is 0 Å². The van der Waals surface area contributed by atoms with Gasteiger partial charge in [0.2, 0.25) is 5.91 Å². The number of amides is 2. The quantitative estimate of drug-likeness (QED) is 0.780. The van der Waals surface area contributed by atoms with Crippen molar-refractivity contribution in [3.05, 3.63) is 59.4 Å². The molecular weight excluding hydrogens is 333 g/mol. The SMILES string of the molecule is CC(C)N1C(=O)CN(C(=O)c2ccc(F)c(F)c2F)c2ccccc21. The van der Waals surface area contributed by atoms with Crippen LogP contribution in [0.15, 0.2) is 36.4 Å². The van der Waals surface area contributed by atoms with E-state index in [-0.39, 0.29) is 18.5 Å². The summed E-state index contributed by atoms with van der Waals surface area (Å²) < 4.78 is 40.6. The third-order valence-electron chi connectivity index (χ3n) is 4.02. The third-order valence-corrected chi connectivity index (χ3v) is 4.02. The summed E-state index contributed by atoms with van der Waals surface area (Å²) in [6.45, 7) is 3.36. The summed E-state index contributed by atoms with van der Waals surface area (Å²) in [5.74, 6) is -5.91. The number of fused-ring (bicyclic) bond motifs is 1. The van der Waals surface area contributed by atoms with Gasteiger partial charge in [0.15, 0.2) is 17.5 Å². The van der Waals surface area contributed by atoms with E-state index in [1.54, 1.807) is 29.2 Å². The molecule has 0 radical (unpaired) electrons. The Morgan fingerprint density at radius 1 is 1.00 bits per heavy atom. The molecule has 25 heavy (non-hydrogen) atoms. The number of hydrogen-bond donors (Lipinski definition) is 0. The number of halogens is 3. The molecule has 0 aliphatic carbocycles. The standard InChI is InChI=1S/C18H15F3N2O2/c1-10(2)23-14-6-4-3-5-13(14)22(9-15(23)24)18(25)11-7-8-12(19)17(21)16(11)20/h3-8,10H,9H2,1-2H3. The molecule has 4 nitrogen and oxygen atoms in total. The smallest absolute Gasteiger partial charge is 0.261 e. The topological polar surface area (TPSA) is 40.6 Å². The number of carbonyl (C=O) groups excluding carboxylic acids is 2. The van der Waals surface area contributed by atoms with Gasteiger partial charge in [0.1, 0.15) is 6.54 Å². The maximum absolute atomic E-state index is 14.0. The molecule has 0 atom stereocenters. The van der Waals surface area contributed by atoms with Crippen molar-refractivity contribution in [2.45, 2.75) is 19.9 Å². The summed E-state index contributed by atoms with van der Waals surface area (Å²) in [6.07, 6.45) is 0. The van der Waals surface area contributed by atoms with Crippen molar-refractivity contribution in [2.75, 3.05) is 16.3 Å². The van der Waals surface area contributed by atoms with Crippen LogP contribution in [0, 0.1) is 17.5 Å². The van der Waals surface area contributed by atoms with Gasteiger partial charge in [0.05, 0.1) is 16.9 Å². The molecule has 0 fully saturated rings. The van der Waals surface area contributed by atoms with Crippen LogP contribution in [0.3, 0.4) is 0 Å². The number of nitrogens with zero attached hydrogens (tertiary/aromatic N) is 2. The zero-order valence-corrected chi connectivity index (χ0v) is 13.6. The highest BCUT2D eigenvalue weighted by Crippen LogP contribution is 2.35. The van der Waals surface area contributed by atoms with Crippen LogP contribution < -0.4 is 9.80 Å². The molecule has 1 aliphatic rings. The van der Waals surface area contributed by atoms with Crippen molar-refractivity contribution in [3.8, 4) is 0 Å². The number of para-hydroxylation sites is 2. The third kappa shape index (κ3) is 2.75. The number of hydrogen-bond acceptors (Lipinski definition) is 2. The van der Waals surface area contributed by atoms with Gasteiger partial charge in [-0.25, -0.2) is 13.2 Å². The highest BCUT2D eigenvalue weighted by Gasteiger charge is 2.35. The molecule has 2 aromatic rings. The maximum atomic E-state index is 14.0. The van der Waals surface area contributed by atoms with Crippen LogP contribution >= 0.6 is 0 Å². The second-order valence-corrected chi connectivity index (χ2v) is 5.96. The fraction of sp³-hybridized carbons (Fsp3) is 0.222. The maximum Gasteiger partial charge on any atom is 0.261 e. The van der Waals surface area contributed by atoms with Gasteiger partial charge in [-0.15, -0.1) is 0 Å². The Labute approximate surface area is 142 Å². The molecule has 0 unspecified atom stereocenters. The molecule has 0 spiro atoms. The highest BCUT2D eigenvalue weighted by atomic mass is 19.2. The zero-order chi connectivity index (χ0) is 18.3. The molecule has 130 valence electrons. The van der Waals surface area contributed by atoms with Crippen LogP contribution in [0.4, 0.5) is 24.5 Å². The highest BCUT2D eigenvalue weighted by molar-refractivity contribution is 6.16. The van der Waals surface area contributed by atoms with E-state index in [0.717, 1.165) is 11.0 Å². The Morgan fingerprint density at radius 2 is 1.64 bits per heavy atom. The summed E-state index contributed by atoms with van der Waals surface area (Å²) in [4.78, 5) is 27.8. The molecule has 1 heterocycles. The van der Waals surface area contributed by atoms with Gasteiger partial charge in [-0.2, -0.15) is 0 Å². The number of carbonyl (C=O) groups is 2. The number of rotatable bonds is 2. The van der Waals surface area contributed by atoms with Crippen molar-refractivity contribution in [1.82, 2.24) is 0 Å². The van der Waals surface area contributed by atoms with Crippen LogP contribution in [-0.2, 0) is 4.79 Å². The van der Waals surface area contributed by atoms with Crippen molar-refractivity contribution in [3.63, 3.8) is 0 Å². The first kappa shape index (κ1) is 17.0. The molecule has 0 bridgehead atoms. The summed E-state index contributed by atoms with van der Waals surface area (Å²) in [7, 11) is 0. The minimum atomic E-state index is -1.72. The Balaban J connectivity index is 2.09. The predicted octanol–water partition coefficient (Wildman–Crippen LogP) is 3.51. The molecule has 2 amide bonds. The lowest BCUT2D eigenvalue weighted by atomic mass is 10.1. The fourth-order valence-electron chi connectivity index (χ4n) is 2.91. The van der Waals surface area contributed by atoms with Gasteiger partial charge < -0.3 is 4.90 Å². The van der Waals surface area contributed by atoms with E-state index in [9.17, 15) is 22.8 Å². The second-order valence-electron chi connectivity index (χ2n) is 5.96. The molecule has 0 N–H and O–H groups in total. The van der Waals surface area contributed by atoms with Crippen LogP contribution in [0.1, 0.15) is 24.2 Å². The van der Waals surface area contributed by atoms with Gasteiger partial charge >= 0.3 is 0 Å². The lowest BCUT2D eigenvalue weighted by Crippen LogP contribution is -2.50. The van der Waals surface area contributed by atoms with E-state index >= 15 is 0 Å². The first-order valence-electron chi connectivity index (χ1n) is 7.69. The van der Waals surface area contributed by atoms with Crippen LogP contribution in [0.2, 0.25) is 0 Å². The number of benzene rings is 2. The van der Waals surface area contributed by atoms with Crippen molar-refractivity contribution < 1.29 is 22.8 Å². The summed E-state index contributed by atoms with van der Waals surface area (Å²) >= 11 is 0. The molecule has 0 saturated carbocycles. The lowest BCUT2D eigenvalue weighted by Gasteiger charge is -2.38. The molecular formula is C18H15F3N2O2. The van der Waals surface area contributed by atoms with Crippen molar-refractivity contribution in [1.29, 1.82) is 0 Å². The Hall–Kier alpha value is -2.83. The van der Waals surface area contributed by atoms with Gasteiger partial charge in [0, 0.05) is 6.04 Å².